The fourth-order valence-corrected chi connectivity index (χ4v) is 4.12. The molecule has 4 nitrogen and oxygen atoms in total. The van der Waals surface area contributed by atoms with Crippen LogP contribution in [0.4, 0.5) is 5.69 Å². The summed E-state index contributed by atoms with van der Waals surface area (Å²) in [5, 5.41) is 5.37. The molecule has 0 bridgehead atoms. The number of carbonyl (C=O) groups is 2. The summed E-state index contributed by atoms with van der Waals surface area (Å²) in [5.41, 5.74) is 3.36. The van der Waals surface area contributed by atoms with E-state index >= 15 is 0 Å². The molecule has 2 amide bonds. The molecular formula is C28H22N2O2. The summed E-state index contributed by atoms with van der Waals surface area (Å²) in [5.74, 6) is -0.558. The monoisotopic (exact) mass is 418 g/mol. The van der Waals surface area contributed by atoms with Crippen molar-refractivity contribution in [2.45, 2.75) is 6.42 Å². The summed E-state index contributed by atoms with van der Waals surface area (Å²) in [6, 6.07) is 33.2. The summed E-state index contributed by atoms with van der Waals surface area (Å²) >= 11 is 0. The maximum Gasteiger partial charge on any atom is 0.278 e. The zero-order chi connectivity index (χ0) is 21.9. The molecule has 1 N–H and O–H groups in total. The molecule has 0 saturated carbocycles. The summed E-state index contributed by atoms with van der Waals surface area (Å²) in [6.07, 6.45) is 0.613. The van der Waals surface area contributed by atoms with Gasteiger partial charge in [0.15, 0.2) is 0 Å². The predicted octanol–water partition coefficient (Wildman–Crippen LogP) is 5.27. The van der Waals surface area contributed by atoms with Crippen LogP contribution in [0.25, 0.3) is 16.3 Å². The maximum absolute atomic E-state index is 13.4. The quantitative estimate of drug-likeness (QED) is 0.434. The van der Waals surface area contributed by atoms with Crippen LogP contribution in [-0.4, -0.2) is 23.3 Å². The Morgan fingerprint density at radius 2 is 1.31 bits per heavy atom. The number of hydrogen-bond donors (Lipinski definition) is 1. The molecule has 0 unspecified atom stereocenters. The van der Waals surface area contributed by atoms with Gasteiger partial charge in [-0.15, -0.1) is 0 Å². The molecule has 4 heteroatoms. The molecule has 5 rings (SSSR count). The molecule has 0 fully saturated rings. The fourth-order valence-electron chi connectivity index (χ4n) is 4.12. The highest BCUT2D eigenvalue weighted by atomic mass is 16.2. The first kappa shape index (κ1) is 19.8. The van der Waals surface area contributed by atoms with Gasteiger partial charge >= 0.3 is 0 Å². The van der Waals surface area contributed by atoms with Crippen LogP contribution < -0.4 is 5.32 Å². The molecular weight excluding hydrogens is 396 g/mol. The van der Waals surface area contributed by atoms with Crippen LogP contribution in [0, 0.1) is 0 Å². The van der Waals surface area contributed by atoms with Gasteiger partial charge in [-0.3, -0.25) is 14.5 Å². The van der Waals surface area contributed by atoms with Crippen LogP contribution in [0.2, 0.25) is 0 Å². The second-order valence-corrected chi connectivity index (χ2v) is 7.77. The number of benzene rings is 4. The molecule has 1 aliphatic heterocycles. The second kappa shape index (κ2) is 8.52. The van der Waals surface area contributed by atoms with E-state index in [0.29, 0.717) is 24.2 Å². The zero-order valence-corrected chi connectivity index (χ0v) is 17.5. The van der Waals surface area contributed by atoms with Gasteiger partial charge in [-0.05, 0) is 29.0 Å². The minimum atomic E-state index is -0.294. The number of nitrogens with zero attached hydrogens (tertiary/aromatic N) is 1. The number of anilines is 1. The maximum atomic E-state index is 13.4. The topological polar surface area (TPSA) is 49.4 Å². The van der Waals surface area contributed by atoms with Crippen LogP contribution in [0.3, 0.4) is 0 Å². The Hall–Kier alpha value is -4.18. The van der Waals surface area contributed by atoms with E-state index in [4.69, 9.17) is 0 Å². The van der Waals surface area contributed by atoms with Gasteiger partial charge in [-0.25, -0.2) is 0 Å². The van der Waals surface area contributed by atoms with E-state index in [0.717, 1.165) is 27.6 Å². The third-order valence-corrected chi connectivity index (χ3v) is 5.75. The SMILES string of the molecule is O=C1C(Nc2cccc3ccccc23)=C(c2ccccc2)C(=O)N1CCc1ccccc1. The molecule has 0 aliphatic carbocycles. The standard InChI is InChI=1S/C28H22N2O2/c31-27-25(22-13-5-2-6-14-22)26(28(32)30(27)19-18-20-10-3-1-4-11-20)29-24-17-9-15-21-12-7-8-16-23(21)24/h1-17,29H,18-19H2. The third kappa shape index (κ3) is 3.67. The highest BCUT2D eigenvalue weighted by Crippen LogP contribution is 2.32. The molecule has 0 aromatic heterocycles. The van der Waals surface area contributed by atoms with Gasteiger partial charge in [0.2, 0.25) is 0 Å². The normalized spacial score (nSPS) is 13.8. The Labute approximate surface area is 186 Å². The van der Waals surface area contributed by atoms with E-state index in [9.17, 15) is 9.59 Å². The lowest BCUT2D eigenvalue weighted by molar-refractivity contribution is -0.136. The van der Waals surface area contributed by atoms with E-state index in [1.165, 1.54) is 4.90 Å². The van der Waals surface area contributed by atoms with Crippen LogP contribution in [0.1, 0.15) is 11.1 Å². The van der Waals surface area contributed by atoms with Crippen molar-refractivity contribution in [3.8, 4) is 0 Å². The van der Waals surface area contributed by atoms with E-state index < -0.39 is 0 Å². The van der Waals surface area contributed by atoms with E-state index in [2.05, 4.69) is 5.32 Å². The minimum Gasteiger partial charge on any atom is -0.350 e. The Kier molecular flexibility index (Phi) is 5.26. The Morgan fingerprint density at radius 3 is 2.09 bits per heavy atom. The lowest BCUT2D eigenvalue weighted by atomic mass is 10.0. The number of imide groups is 1. The van der Waals surface area contributed by atoms with Crippen molar-refractivity contribution in [2.75, 3.05) is 11.9 Å². The van der Waals surface area contributed by atoms with Crippen molar-refractivity contribution >= 4 is 33.8 Å². The van der Waals surface area contributed by atoms with Crippen molar-refractivity contribution in [3.63, 3.8) is 0 Å². The van der Waals surface area contributed by atoms with E-state index in [1.807, 2.05) is 103 Å². The highest BCUT2D eigenvalue weighted by Gasteiger charge is 2.39. The number of carbonyl (C=O) groups excluding carboxylic acids is 2. The van der Waals surface area contributed by atoms with Gasteiger partial charge < -0.3 is 5.32 Å². The third-order valence-electron chi connectivity index (χ3n) is 5.75. The van der Waals surface area contributed by atoms with Crippen molar-refractivity contribution in [2.24, 2.45) is 0 Å². The molecule has 0 saturated heterocycles. The Balaban J connectivity index is 1.52. The zero-order valence-electron chi connectivity index (χ0n) is 17.5. The van der Waals surface area contributed by atoms with E-state index in [-0.39, 0.29) is 11.8 Å². The van der Waals surface area contributed by atoms with Gasteiger partial charge in [0.1, 0.15) is 5.70 Å². The van der Waals surface area contributed by atoms with Gasteiger partial charge in [0.25, 0.3) is 11.8 Å². The molecule has 1 heterocycles. The van der Waals surface area contributed by atoms with Gasteiger partial charge in [-0.2, -0.15) is 0 Å². The lowest BCUT2D eigenvalue weighted by Gasteiger charge is -2.15. The molecule has 1 aliphatic rings. The number of rotatable bonds is 6. The first-order valence-corrected chi connectivity index (χ1v) is 10.7. The van der Waals surface area contributed by atoms with Gasteiger partial charge in [0, 0.05) is 17.6 Å². The molecule has 156 valence electrons. The van der Waals surface area contributed by atoms with Crippen LogP contribution >= 0.6 is 0 Å². The molecule has 0 radical (unpaired) electrons. The van der Waals surface area contributed by atoms with Gasteiger partial charge in [0.05, 0.1) is 5.57 Å². The second-order valence-electron chi connectivity index (χ2n) is 7.77. The number of hydrogen-bond acceptors (Lipinski definition) is 3. The first-order valence-electron chi connectivity index (χ1n) is 10.7. The van der Waals surface area contributed by atoms with Crippen LogP contribution in [-0.2, 0) is 16.0 Å². The van der Waals surface area contributed by atoms with Crippen LogP contribution in [0.15, 0.2) is 109 Å². The van der Waals surface area contributed by atoms with Crippen molar-refractivity contribution in [3.05, 3.63) is 120 Å². The molecule has 0 spiro atoms. The van der Waals surface area contributed by atoms with Crippen LogP contribution in [0.5, 0.6) is 0 Å². The average Bonchev–Trinajstić information content (AvgIpc) is 3.08. The van der Waals surface area contributed by atoms with Gasteiger partial charge in [-0.1, -0.05) is 97.1 Å². The Morgan fingerprint density at radius 1 is 0.656 bits per heavy atom. The highest BCUT2D eigenvalue weighted by molar-refractivity contribution is 6.36. The smallest absolute Gasteiger partial charge is 0.278 e. The van der Waals surface area contributed by atoms with Crippen molar-refractivity contribution in [1.82, 2.24) is 4.90 Å². The number of amides is 2. The van der Waals surface area contributed by atoms with E-state index in [1.54, 1.807) is 0 Å². The minimum absolute atomic E-state index is 0.264. The molecule has 0 atom stereocenters. The summed E-state index contributed by atoms with van der Waals surface area (Å²) in [4.78, 5) is 28.2. The molecule has 32 heavy (non-hydrogen) atoms. The summed E-state index contributed by atoms with van der Waals surface area (Å²) in [6.45, 7) is 0.332. The largest absolute Gasteiger partial charge is 0.350 e. The average molecular weight is 418 g/mol. The van der Waals surface area contributed by atoms with Crippen molar-refractivity contribution in [1.29, 1.82) is 0 Å². The first-order chi connectivity index (χ1) is 15.7. The summed E-state index contributed by atoms with van der Waals surface area (Å²) in [7, 11) is 0. The lowest BCUT2D eigenvalue weighted by Crippen LogP contribution is -2.34. The number of fused-ring (bicyclic) bond motifs is 1. The number of nitrogens with one attached hydrogen (secondary N) is 1. The Bertz CT molecular complexity index is 1320. The fraction of sp³-hybridized carbons (Fsp3) is 0.0714. The van der Waals surface area contributed by atoms with Crippen molar-refractivity contribution < 1.29 is 9.59 Å². The molecule has 4 aromatic rings. The predicted molar refractivity (Wildman–Crippen MR) is 128 cm³/mol. The summed E-state index contributed by atoms with van der Waals surface area (Å²) < 4.78 is 0. The molecule has 4 aromatic carbocycles.